The number of hydrogen-bond acceptors (Lipinski definition) is 3. The fourth-order valence-corrected chi connectivity index (χ4v) is 1.78. The van der Waals surface area contributed by atoms with Crippen LogP contribution in [0.15, 0.2) is 0 Å². The molecule has 0 spiro atoms. The summed E-state index contributed by atoms with van der Waals surface area (Å²) >= 11 is 0. The van der Waals surface area contributed by atoms with Crippen LogP contribution in [0.2, 0.25) is 0 Å². The first-order chi connectivity index (χ1) is 6.90. The average Bonchev–Trinajstić information content (AvgIpc) is 2.63. The predicted molar refractivity (Wildman–Crippen MR) is 59.3 cm³/mol. The Morgan fingerprint density at radius 1 is 1.47 bits per heavy atom. The summed E-state index contributed by atoms with van der Waals surface area (Å²) < 4.78 is 0. The van der Waals surface area contributed by atoms with E-state index in [1.165, 1.54) is 0 Å². The van der Waals surface area contributed by atoms with E-state index in [1.54, 1.807) is 0 Å². The van der Waals surface area contributed by atoms with Crippen molar-refractivity contribution in [1.82, 2.24) is 5.32 Å². The van der Waals surface area contributed by atoms with E-state index in [9.17, 15) is 4.79 Å². The molecule has 0 aromatic rings. The zero-order valence-electron chi connectivity index (χ0n) is 9.68. The van der Waals surface area contributed by atoms with Crippen molar-refractivity contribution in [3.8, 4) is 0 Å². The Hall–Kier alpha value is -0.610. The van der Waals surface area contributed by atoms with E-state index in [0.717, 1.165) is 25.7 Å². The molecule has 1 fully saturated rings. The lowest BCUT2D eigenvalue weighted by molar-refractivity contribution is -0.126. The molecule has 0 bridgehead atoms. The van der Waals surface area contributed by atoms with Gasteiger partial charge in [0.2, 0.25) is 5.91 Å². The van der Waals surface area contributed by atoms with E-state index in [-0.39, 0.29) is 17.9 Å². The third kappa shape index (κ3) is 3.18. The second kappa shape index (κ2) is 4.49. The lowest BCUT2D eigenvalue weighted by Crippen LogP contribution is -2.53. The molecule has 1 rings (SSSR count). The zero-order chi connectivity index (χ0) is 11.5. The Balaban J connectivity index is 2.42. The molecule has 1 amide bonds. The molecule has 15 heavy (non-hydrogen) atoms. The molecule has 0 saturated heterocycles. The number of rotatable bonds is 4. The van der Waals surface area contributed by atoms with E-state index >= 15 is 0 Å². The first-order valence-electron chi connectivity index (χ1n) is 5.58. The number of nitrogens with one attached hydrogen (secondary N) is 1. The molecular weight excluding hydrogens is 192 g/mol. The second-order valence-electron chi connectivity index (χ2n) is 5.37. The van der Waals surface area contributed by atoms with Crippen LogP contribution in [0.25, 0.3) is 0 Å². The van der Waals surface area contributed by atoms with Crippen molar-refractivity contribution >= 4 is 5.91 Å². The first-order valence-corrected chi connectivity index (χ1v) is 5.58. The SMILES string of the molecule is CC(C)(CO)CNC(=O)C1(N)CCCC1. The van der Waals surface area contributed by atoms with Crippen molar-refractivity contribution in [3.63, 3.8) is 0 Å². The molecule has 4 N–H and O–H groups in total. The van der Waals surface area contributed by atoms with Crippen LogP contribution in [0, 0.1) is 5.41 Å². The molecule has 0 radical (unpaired) electrons. The van der Waals surface area contributed by atoms with Gasteiger partial charge in [0.1, 0.15) is 0 Å². The topological polar surface area (TPSA) is 75.3 Å². The van der Waals surface area contributed by atoms with Crippen molar-refractivity contribution in [2.24, 2.45) is 11.1 Å². The highest BCUT2D eigenvalue weighted by atomic mass is 16.3. The molecule has 0 aromatic carbocycles. The van der Waals surface area contributed by atoms with Gasteiger partial charge in [-0.15, -0.1) is 0 Å². The molecule has 0 aliphatic heterocycles. The van der Waals surface area contributed by atoms with Gasteiger partial charge in [0.05, 0.1) is 5.54 Å². The molecule has 0 aromatic heterocycles. The van der Waals surface area contributed by atoms with Crippen LogP contribution in [-0.2, 0) is 4.79 Å². The summed E-state index contributed by atoms with van der Waals surface area (Å²) in [4.78, 5) is 11.8. The monoisotopic (exact) mass is 214 g/mol. The van der Waals surface area contributed by atoms with Crippen molar-refractivity contribution in [1.29, 1.82) is 0 Å². The second-order valence-corrected chi connectivity index (χ2v) is 5.37. The van der Waals surface area contributed by atoms with Crippen molar-refractivity contribution in [2.75, 3.05) is 13.2 Å². The van der Waals surface area contributed by atoms with Gasteiger partial charge in [-0.25, -0.2) is 0 Å². The number of aliphatic hydroxyl groups excluding tert-OH is 1. The number of nitrogens with two attached hydrogens (primary N) is 1. The van der Waals surface area contributed by atoms with Crippen molar-refractivity contribution in [3.05, 3.63) is 0 Å². The van der Waals surface area contributed by atoms with Crippen molar-refractivity contribution < 1.29 is 9.90 Å². The number of carbonyl (C=O) groups is 1. The Bertz CT molecular complexity index is 233. The highest BCUT2D eigenvalue weighted by molar-refractivity contribution is 5.86. The fraction of sp³-hybridized carbons (Fsp3) is 0.909. The van der Waals surface area contributed by atoms with Gasteiger partial charge in [0.15, 0.2) is 0 Å². The maximum atomic E-state index is 11.8. The molecule has 88 valence electrons. The van der Waals surface area contributed by atoms with Gasteiger partial charge in [-0.3, -0.25) is 4.79 Å². The number of aliphatic hydroxyl groups is 1. The third-order valence-corrected chi connectivity index (χ3v) is 3.10. The van der Waals surface area contributed by atoms with Crippen LogP contribution in [0.5, 0.6) is 0 Å². The summed E-state index contributed by atoms with van der Waals surface area (Å²) in [5, 5.41) is 11.9. The van der Waals surface area contributed by atoms with E-state index < -0.39 is 5.54 Å². The first kappa shape index (κ1) is 12.5. The summed E-state index contributed by atoms with van der Waals surface area (Å²) in [5.74, 6) is -0.0680. The smallest absolute Gasteiger partial charge is 0.240 e. The normalized spacial score (nSPS) is 20.3. The predicted octanol–water partition coefficient (Wildman–Crippen LogP) is 0.393. The van der Waals surface area contributed by atoms with Gasteiger partial charge < -0.3 is 16.2 Å². The van der Waals surface area contributed by atoms with Crippen molar-refractivity contribution in [2.45, 2.75) is 45.1 Å². The highest BCUT2D eigenvalue weighted by Crippen LogP contribution is 2.27. The summed E-state index contributed by atoms with van der Waals surface area (Å²) in [5.41, 5.74) is 5.06. The van der Waals surface area contributed by atoms with Gasteiger partial charge in [0.25, 0.3) is 0 Å². The van der Waals surface area contributed by atoms with Gasteiger partial charge in [-0.05, 0) is 12.8 Å². The molecule has 1 saturated carbocycles. The number of hydrogen-bond donors (Lipinski definition) is 3. The van der Waals surface area contributed by atoms with E-state index in [0.29, 0.717) is 6.54 Å². The van der Waals surface area contributed by atoms with Crippen LogP contribution in [0.3, 0.4) is 0 Å². The number of amides is 1. The van der Waals surface area contributed by atoms with Crippen LogP contribution >= 0.6 is 0 Å². The van der Waals surface area contributed by atoms with Crippen LogP contribution in [0.1, 0.15) is 39.5 Å². The highest BCUT2D eigenvalue weighted by Gasteiger charge is 2.37. The van der Waals surface area contributed by atoms with Gasteiger partial charge in [-0.1, -0.05) is 26.7 Å². The van der Waals surface area contributed by atoms with Crippen LogP contribution in [0.4, 0.5) is 0 Å². The molecule has 1 aliphatic carbocycles. The minimum atomic E-state index is -0.661. The van der Waals surface area contributed by atoms with E-state index in [2.05, 4.69) is 5.32 Å². The van der Waals surface area contributed by atoms with Crippen LogP contribution in [-0.4, -0.2) is 29.7 Å². The molecule has 4 heteroatoms. The molecule has 0 unspecified atom stereocenters. The number of carbonyl (C=O) groups excluding carboxylic acids is 1. The fourth-order valence-electron chi connectivity index (χ4n) is 1.78. The Labute approximate surface area is 91.2 Å². The molecule has 4 nitrogen and oxygen atoms in total. The lowest BCUT2D eigenvalue weighted by atomic mass is 9.93. The van der Waals surface area contributed by atoms with Gasteiger partial charge in [0, 0.05) is 18.6 Å². The van der Waals surface area contributed by atoms with Gasteiger partial charge in [-0.2, -0.15) is 0 Å². The van der Waals surface area contributed by atoms with Gasteiger partial charge >= 0.3 is 0 Å². The maximum absolute atomic E-state index is 11.8. The molecule has 0 heterocycles. The Morgan fingerprint density at radius 3 is 2.47 bits per heavy atom. The molecule has 0 atom stereocenters. The van der Waals surface area contributed by atoms with E-state index in [4.69, 9.17) is 10.8 Å². The largest absolute Gasteiger partial charge is 0.396 e. The summed E-state index contributed by atoms with van der Waals surface area (Å²) in [7, 11) is 0. The lowest BCUT2D eigenvalue weighted by Gasteiger charge is -2.27. The minimum Gasteiger partial charge on any atom is -0.396 e. The average molecular weight is 214 g/mol. The summed E-state index contributed by atoms with van der Waals surface area (Å²) in [6.07, 6.45) is 3.62. The third-order valence-electron chi connectivity index (χ3n) is 3.10. The Kier molecular flexibility index (Phi) is 3.73. The quantitative estimate of drug-likeness (QED) is 0.634. The molecule has 1 aliphatic rings. The van der Waals surface area contributed by atoms with E-state index in [1.807, 2.05) is 13.8 Å². The summed E-state index contributed by atoms with van der Waals surface area (Å²) in [6, 6.07) is 0. The van der Waals surface area contributed by atoms with Crippen LogP contribution < -0.4 is 11.1 Å². The minimum absolute atomic E-state index is 0.0604. The summed E-state index contributed by atoms with van der Waals surface area (Å²) in [6.45, 7) is 4.35. The Morgan fingerprint density at radius 2 is 2.00 bits per heavy atom. The standard InChI is InChI=1S/C11H22N2O2/c1-10(2,8-14)7-13-9(15)11(12)5-3-4-6-11/h14H,3-8,12H2,1-2H3,(H,13,15). The zero-order valence-corrected chi connectivity index (χ0v) is 9.68. The maximum Gasteiger partial charge on any atom is 0.240 e. The molecular formula is C11H22N2O2.